The number of nitriles is 1. The van der Waals surface area contributed by atoms with Crippen molar-refractivity contribution < 1.29 is 9.21 Å². The number of carbonyl (C=O) groups is 1. The number of aromatic nitrogens is 2. The Morgan fingerprint density at radius 2 is 1.91 bits per heavy atom. The lowest BCUT2D eigenvalue weighted by atomic mass is 9.94. The Hall–Kier alpha value is -4.92. The molecule has 8 nitrogen and oxygen atoms in total. The van der Waals surface area contributed by atoms with Crippen LogP contribution in [0.25, 0.3) is 22.6 Å². The molecule has 1 aromatic heterocycles. The molecule has 4 aromatic rings. The van der Waals surface area contributed by atoms with Crippen molar-refractivity contribution in [3.8, 4) is 40.5 Å². The summed E-state index contributed by atoms with van der Waals surface area (Å²) in [6.07, 6.45) is 2.24. The molecule has 5 rings (SSSR count). The summed E-state index contributed by atoms with van der Waals surface area (Å²) in [5.74, 6) is 6.54. The van der Waals surface area contributed by atoms with Crippen LogP contribution in [-0.2, 0) is 12.0 Å². The Balaban J connectivity index is 1.60. The first-order valence-corrected chi connectivity index (χ1v) is 14.6. The second-order valence-electron chi connectivity index (χ2n) is 11.5. The van der Waals surface area contributed by atoms with Gasteiger partial charge in [-0.15, -0.1) is 16.1 Å². The molecule has 0 saturated carbocycles. The van der Waals surface area contributed by atoms with E-state index in [1.165, 1.54) is 0 Å². The SMILES string of the molecule is CC#CC1CCCN1C(=O)c1cc(-c2nnc([C@](C)(N)Cc3ccccc3)o2)cc(-c2cccc(NC(C)C)c2C#N)c1. The van der Waals surface area contributed by atoms with Gasteiger partial charge in [0.15, 0.2) is 0 Å². The third-order valence-electron chi connectivity index (χ3n) is 7.51. The minimum Gasteiger partial charge on any atom is -0.419 e. The molecule has 1 saturated heterocycles. The monoisotopic (exact) mass is 572 g/mol. The van der Waals surface area contributed by atoms with Gasteiger partial charge in [0.1, 0.15) is 6.07 Å². The third kappa shape index (κ3) is 6.45. The normalized spacial score (nSPS) is 15.8. The summed E-state index contributed by atoms with van der Waals surface area (Å²) in [5, 5.41) is 22.2. The fraction of sp³-hybridized carbons (Fsp3) is 0.314. The van der Waals surface area contributed by atoms with Crippen LogP contribution in [0.2, 0.25) is 0 Å². The summed E-state index contributed by atoms with van der Waals surface area (Å²) in [7, 11) is 0. The molecule has 1 aliphatic rings. The topological polar surface area (TPSA) is 121 Å². The molecule has 3 N–H and O–H groups in total. The van der Waals surface area contributed by atoms with Crippen LogP contribution in [-0.4, -0.2) is 39.6 Å². The van der Waals surface area contributed by atoms with Gasteiger partial charge in [-0.2, -0.15) is 5.26 Å². The van der Waals surface area contributed by atoms with Gasteiger partial charge in [0.25, 0.3) is 5.91 Å². The molecule has 8 heteroatoms. The molecular formula is C35H36N6O2. The maximum Gasteiger partial charge on any atom is 0.254 e. The number of benzene rings is 3. The maximum absolute atomic E-state index is 13.9. The molecule has 0 radical (unpaired) electrons. The maximum atomic E-state index is 13.9. The predicted octanol–water partition coefficient (Wildman–Crippen LogP) is 6.14. The lowest BCUT2D eigenvalue weighted by molar-refractivity contribution is 0.0766. The average molecular weight is 573 g/mol. The van der Waals surface area contributed by atoms with E-state index >= 15 is 0 Å². The molecule has 1 aliphatic heterocycles. The Labute approximate surface area is 252 Å². The van der Waals surface area contributed by atoms with E-state index in [4.69, 9.17) is 10.2 Å². The zero-order valence-electron chi connectivity index (χ0n) is 25.0. The van der Waals surface area contributed by atoms with Crippen LogP contribution in [0.15, 0.2) is 71.1 Å². The van der Waals surface area contributed by atoms with E-state index in [0.717, 1.165) is 24.1 Å². The van der Waals surface area contributed by atoms with Gasteiger partial charge in [0, 0.05) is 29.3 Å². The summed E-state index contributed by atoms with van der Waals surface area (Å²) in [6.45, 7) is 8.32. The van der Waals surface area contributed by atoms with E-state index in [9.17, 15) is 10.1 Å². The number of amides is 1. The number of hydrogen-bond donors (Lipinski definition) is 2. The summed E-state index contributed by atoms with van der Waals surface area (Å²) in [6, 6.07) is 23.4. The van der Waals surface area contributed by atoms with Crippen molar-refractivity contribution in [3.63, 3.8) is 0 Å². The quantitative estimate of drug-likeness (QED) is 0.243. The number of nitrogens with one attached hydrogen (secondary N) is 1. The second kappa shape index (κ2) is 12.5. The number of likely N-dealkylation sites (tertiary alicyclic amines) is 1. The molecule has 1 fully saturated rings. The van der Waals surface area contributed by atoms with Crippen molar-refractivity contribution in [2.24, 2.45) is 5.73 Å². The first-order valence-electron chi connectivity index (χ1n) is 14.6. The van der Waals surface area contributed by atoms with Gasteiger partial charge < -0.3 is 20.4 Å². The minimum atomic E-state index is -0.907. The van der Waals surface area contributed by atoms with Crippen molar-refractivity contribution in [3.05, 3.63) is 89.3 Å². The van der Waals surface area contributed by atoms with E-state index in [1.807, 2.05) is 86.3 Å². The van der Waals surface area contributed by atoms with Gasteiger partial charge in [-0.3, -0.25) is 4.79 Å². The largest absolute Gasteiger partial charge is 0.419 e. The number of rotatable bonds is 8. The Bertz CT molecular complexity index is 1720. The number of carbonyl (C=O) groups excluding carboxylic acids is 1. The smallest absolute Gasteiger partial charge is 0.254 e. The highest BCUT2D eigenvalue weighted by Gasteiger charge is 2.31. The van der Waals surface area contributed by atoms with E-state index in [0.29, 0.717) is 46.7 Å². The van der Waals surface area contributed by atoms with Crippen LogP contribution in [0.5, 0.6) is 0 Å². The fourth-order valence-electron chi connectivity index (χ4n) is 5.53. The molecule has 43 heavy (non-hydrogen) atoms. The van der Waals surface area contributed by atoms with Crippen LogP contribution in [0.1, 0.15) is 67.9 Å². The van der Waals surface area contributed by atoms with Crippen LogP contribution in [0.4, 0.5) is 5.69 Å². The van der Waals surface area contributed by atoms with E-state index < -0.39 is 5.54 Å². The first-order chi connectivity index (χ1) is 20.7. The van der Waals surface area contributed by atoms with Crippen molar-refractivity contribution in [2.75, 3.05) is 11.9 Å². The van der Waals surface area contributed by atoms with Gasteiger partial charge in [-0.1, -0.05) is 48.4 Å². The Kier molecular flexibility index (Phi) is 8.61. The molecule has 0 bridgehead atoms. The molecule has 0 spiro atoms. The van der Waals surface area contributed by atoms with E-state index in [2.05, 4.69) is 33.4 Å². The molecule has 218 valence electrons. The van der Waals surface area contributed by atoms with Crippen LogP contribution < -0.4 is 11.1 Å². The van der Waals surface area contributed by atoms with E-state index in [-0.39, 0.29) is 23.9 Å². The zero-order chi connectivity index (χ0) is 30.6. The number of nitrogens with two attached hydrogens (primary N) is 1. The third-order valence-corrected chi connectivity index (χ3v) is 7.51. The molecule has 0 aliphatic carbocycles. The minimum absolute atomic E-state index is 0.129. The van der Waals surface area contributed by atoms with Crippen molar-refractivity contribution in [1.82, 2.24) is 15.1 Å². The van der Waals surface area contributed by atoms with Gasteiger partial charge in [-0.25, -0.2) is 0 Å². The lowest BCUT2D eigenvalue weighted by Crippen LogP contribution is -2.35. The summed E-state index contributed by atoms with van der Waals surface area (Å²) >= 11 is 0. The van der Waals surface area contributed by atoms with Crippen LogP contribution >= 0.6 is 0 Å². The zero-order valence-corrected chi connectivity index (χ0v) is 25.0. The number of nitrogens with zero attached hydrogens (tertiary/aromatic N) is 4. The highest BCUT2D eigenvalue weighted by Crippen LogP contribution is 2.35. The van der Waals surface area contributed by atoms with Crippen molar-refractivity contribution in [2.45, 2.75) is 64.6 Å². The van der Waals surface area contributed by atoms with Gasteiger partial charge in [0.05, 0.1) is 22.8 Å². The summed E-state index contributed by atoms with van der Waals surface area (Å²) < 4.78 is 6.18. The van der Waals surface area contributed by atoms with Gasteiger partial charge >= 0.3 is 0 Å². The Morgan fingerprint density at radius 3 is 2.63 bits per heavy atom. The highest BCUT2D eigenvalue weighted by molar-refractivity contribution is 5.98. The van der Waals surface area contributed by atoms with Crippen LogP contribution in [0, 0.1) is 23.2 Å². The van der Waals surface area contributed by atoms with Gasteiger partial charge in [-0.05, 0) is 82.3 Å². The first kappa shape index (κ1) is 29.6. The molecule has 2 atom stereocenters. The standard InChI is InChI=1S/C35H36N6O2/c1-5-11-28-14-10-17-41(28)33(42)27-19-25(29-15-9-16-31(30(29)22-36)38-23(2)3)18-26(20-27)32-39-40-34(43-32)35(4,37)21-24-12-7-6-8-13-24/h6-9,12-13,15-16,18-20,23,28,38H,10,14,17,21,37H2,1-4H3/t28?,35-/m1/s1. The second-order valence-corrected chi connectivity index (χ2v) is 11.5. The fourth-order valence-corrected chi connectivity index (χ4v) is 5.53. The molecule has 1 amide bonds. The average Bonchev–Trinajstić information content (AvgIpc) is 3.68. The van der Waals surface area contributed by atoms with Crippen LogP contribution in [0.3, 0.4) is 0 Å². The van der Waals surface area contributed by atoms with Crippen molar-refractivity contribution >= 4 is 11.6 Å². The molecule has 2 heterocycles. The van der Waals surface area contributed by atoms with Crippen molar-refractivity contribution in [1.29, 1.82) is 5.26 Å². The Morgan fingerprint density at radius 1 is 1.14 bits per heavy atom. The molecular weight excluding hydrogens is 536 g/mol. The highest BCUT2D eigenvalue weighted by atomic mass is 16.4. The van der Waals surface area contributed by atoms with E-state index in [1.54, 1.807) is 13.0 Å². The summed E-state index contributed by atoms with van der Waals surface area (Å²) in [4.78, 5) is 15.7. The molecule has 3 aromatic carbocycles. The molecule has 1 unspecified atom stereocenters. The lowest BCUT2D eigenvalue weighted by Gasteiger charge is -2.22. The number of anilines is 1. The predicted molar refractivity (Wildman–Crippen MR) is 168 cm³/mol. The summed E-state index contributed by atoms with van der Waals surface area (Å²) in [5.41, 5.74) is 10.5. The van der Waals surface area contributed by atoms with Gasteiger partial charge in [0.2, 0.25) is 11.8 Å². The number of hydrogen-bond acceptors (Lipinski definition) is 7.